The third-order valence-corrected chi connectivity index (χ3v) is 3.40. The molecule has 2 N–H and O–H groups in total. The predicted molar refractivity (Wildman–Crippen MR) is 80.4 cm³/mol. The molecule has 0 saturated heterocycles. The van der Waals surface area contributed by atoms with E-state index in [-0.39, 0.29) is 5.91 Å². The van der Waals surface area contributed by atoms with Crippen molar-refractivity contribution in [2.75, 3.05) is 19.6 Å². The second kappa shape index (κ2) is 7.29. The molecule has 0 unspecified atom stereocenters. The quantitative estimate of drug-likeness (QED) is 0.741. The van der Waals surface area contributed by atoms with Crippen LogP contribution in [0, 0.1) is 6.92 Å². The molecule has 1 amide bonds. The molecule has 1 aromatic rings. The first kappa shape index (κ1) is 15.7. The van der Waals surface area contributed by atoms with Crippen LogP contribution >= 0.6 is 0 Å². The van der Waals surface area contributed by atoms with Gasteiger partial charge in [-0.25, -0.2) is 0 Å². The highest BCUT2D eigenvalue weighted by Crippen LogP contribution is 2.26. The standard InChI is InChI=1S/C16H26N2O/c1-5-10-17-11-12-18-15(19)16(3,4)14-9-7-6-8-13(14)2/h6-9,17H,5,10-12H2,1-4H3,(H,18,19). The highest BCUT2D eigenvalue weighted by atomic mass is 16.2. The molecule has 0 spiro atoms. The lowest BCUT2D eigenvalue weighted by Crippen LogP contribution is -2.43. The Labute approximate surface area is 116 Å². The molecule has 0 heterocycles. The molecule has 0 aliphatic carbocycles. The number of carbonyl (C=O) groups is 1. The smallest absolute Gasteiger partial charge is 0.230 e. The van der Waals surface area contributed by atoms with E-state index in [1.165, 1.54) is 0 Å². The zero-order chi connectivity index (χ0) is 14.3. The average molecular weight is 262 g/mol. The molecule has 0 aromatic heterocycles. The van der Waals surface area contributed by atoms with E-state index in [1.54, 1.807) is 0 Å². The van der Waals surface area contributed by atoms with Crippen LogP contribution in [0.2, 0.25) is 0 Å². The first-order valence-electron chi connectivity index (χ1n) is 7.05. The van der Waals surface area contributed by atoms with Gasteiger partial charge in [0.25, 0.3) is 0 Å². The minimum atomic E-state index is -0.490. The Morgan fingerprint density at radius 3 is 2.47 bits per heavy atom. The van der Waals surface area contributed by atoms with Crippen LogP contribution in [0.4, 0.5) is 0 Å². The number of amides is 1. The van der Waals surface area contributed by atoms with Crippen LogP contribution in [-0.2, 0) is 10.2 Å². The van der Waals surface area contributed by atoms with Gasteiger partial charge in [-0.2, -0.15) is 0 Å². The van der Waals surface area contributed by atoms with E-state index in [9.17, 15) is 4.79 Å². The summed E-state index contributed by atoms with van der Waals surface area (Å²) in [6.45, 7) is 10.6. The molecule has 0 fully saturated rings. The lowest BCUT2D eigenvalue weighted by Gasteiger charge is -2.26. The minimum absolute atomic E-state index is 0.0834. The Bertz CT molecular complexity index is 413. The molecule has 1 rings (SSSR count). The number of rotatable bonds is 7. The Morgan fingerprint density at radius 2 is 1.84 bits per heavy atom. The number of nitrogens with one attached hydrogen (secondary N) is 2. The molecule has 3 nitrogen and oxygen atoms in total. The van der Waals surface area contributed by atoms with Crippen molar-refractivity contribution in [2.45, 2.75) is 39.5 Å². The first-order valence-corrected chi connectivity index (χ1v) is 7.05. The number of hydrogen-bond donors (Lipinski definition) is 2. The number of carbonyl (C=O) groups excluding carboxylic acids is 1. The monoisotopic (exact) mass is 262 g/mol. The van der Waals surface area contributed by atoms with Crippen molar-refractivity contribution in [1.29, 1.82) is 0 Å². The Hall–Kier alpha value is -1.35. The summed E-state index contributed by atoms with van der Waals surface area (Å²) in [4.78, 5) is 12.3. The molecule has 0 aliphatic heterocycles. The van der Waals surface area contributed by atoms with Gasteiger partial charge in [0, 0.05) is 13.1 Å². The van der Waals surface area contributed by atoms with Crippen molar-refractivity contribution in [2.24, 2.45) is 0 Å². The van der Waals surface area contributed by atoms with Gasteiger partial charge in [-0.05, 0) is 44.9 Å². The van der Waals surface area contributed by atoms with E-state index < -0.39 is 5.41 Å². The van der Waals surface area contributed by atoms with Gasteiger partial charge in [0.15, 0.2) is 0 Å². The van der Waals surface area contributed by atoms with E-state index >= 15 is 0 Å². The highest BCUT2D eigenvalue weighted by Gasteiger charge is 2.30. The molecular formula is C16H26N2O. The maximum absolute atomic E-state index is 12.3. The lowest BCUT2D eigenvalue weighted by atomic mass is 9.81. The predicted octanol–water partition coefficient (Wildman–Crippen LogP) is 2.39. The van der Waals surface area contributed by atoms with Gasteiger partial charge in [-0.3, -0.25) is 4.79 Å². The third-order valence-electron chi connectivity index (χ3n) is 3.40. The number of hydrogen-bond acceptors (Lipinski definition) is 2. The van der Waals surface area contributed by atoms with E-state index in [1.807, 2.05) is 45.0 Å². The summed E-state index contributed by atoms with van der Waals surface area (Å²) in [5.74, 6) is 0.0834. The second-order valence-electron chi connectivity index (χ2n) is 5.45. The van der Waals surface area contributed by atoms with Gasteiger partial charge < -0.3 is 10.6 Å². The molecule has 3 heteroatoms. The topological polar surface area (TPSA) is 41.1 Å². The fourth-order valence-corrected chi connectivity index (χ4v) is 2.18. The number of benzene rings is 1. The van der Waals surface area contributed by atoms with Crippen LogP contribution in [0.5, 0.6) is 0 Å². The molecule has 0 aliphatic rings. The summed E-state index contributed by atoms with van der Waals surface area (Å²) in [6.07, 6.45) is 1.11. The number of aryl methyl sites for hydroxylation is 1. The van der Waals surface area contributed by atoms with Crippen LogP contribution in [0.1, 0.15) is 38.3 Å². The fourth-order valence-electron chi connectivity index (χ4n) is 2.18. The maximum atomic E-state index is 12.3. The van der Waals surface area contributed by atoms with E-state index in [2.05, 4.69) is 17.6 Å². The molecule has 0 radical (unpaired) electrons. The fraction of sp³-hybridized carbons (Fsp3) is 0.562. The van der Waals surface area contributed by atoms with Gasteiger partial charge in [0.1, 0.15) is 0 Å². The van der Waals surface area contributed by atoms with Crippen molar-refractivity contribution >= 4 is 5.91 Å². The summed E-state index contributed by atoms with van der Waals surface area (Å²) in [5, 5.41) is 6.28. The first-order chi connectivity index (χ1) is 9.00. The SMILES string of the molecule is CCCNCCNC(=O)C(C)(C)c1ccccc1C. The van der Waals surface area contributed by atoms with Crippen LogP contribution in [0.15, 0.2) is 24.3 Å². The van der Waals surface area contributed by atoms with Crippen LogP contribution in [0.25, 0.3) is 0 Å². The maximum Gasteiger partial charge on any atom is 0.230 e. The van der Waals surface area contributed by atoms with Gasteiger partial charge in [-0.1, -0.05) is 31.2 Å². The molecule has 106 valence electrons. The van der Waals surface area contributed by atoms with Gasteiger partial charge in [-0.15, -0.1) is 0 Å². The molecule has 0 atom stereocenters. The van der Waals surface area contributed by atoms with E-state index in [0.717, 1.165) is 30.6 Å². The molecule has 19 heavy (non-hydrogen) atoms. The molecular weight excluding hydrogens is 236 g/mol. The normalized spacial score (nSPS) is 11.4. The van der Waals surface area contributed by atoms with Gasteiger partial charge in [0.2, 0.25) is 5.91 Å². The minimum Gasteiger partial charge on any atom is -0.354 e. The van der Waals surface area contributed by atoms with Crippen molar-refractivity contribution in [3.05, 3.63) is 35.4 Å². The summed E-state index contributed by atoms with van der Waals surface area (Å²) >= 11 is 0. The molecule has 1 aromatic carbocycles. The van der Waals surface area contributed by atoms with Crippen LogP contribution < -0.4 is 10.6 Å². The average Bonchev–Trinajstić information content (AvgIpc) is 2.38. The largest absolute Gasteiger partial charge is 0.354 e. The summed E-state index contributed by atoms with van der Waals surface area (Å²) in [7, 11) is 0. The Morgan fingerprint density at radius 1 is 1.16 bits per heavy atom. The van der Waals surface area contributed by atoms with Crippen LogP contribution in [-0.4, -0.2) is 25.5 Å². The third kappa shape index (κ3) is 4.35. The molecule has 0 saturated carbocycles. The van der Waals surface area contributed by atoms with Crippen molar-refractivity contribution in [1.82, 2.24) is 10.6 Å². The van der Waals surface area contributed by atoms with Crippen molar-refractivity contribution in [3.8, 4) is 0 Å². The van der Waals surface area contributed by atoms with Gasteiger partial charge in [0.05, 0.1) is 5.41 Å². The highest BCUT2D eigenvalue weighted by molar-refractivity contribution is 5.87. The summed E-state index contributed by atoms with van der Waals surface area (Å²) < 4.78 is 0. The summed E-state index contributed by atoms with van der Waals surface area (Å²) in [6, 6.07) is 8.07. The van der Waals surface area contributed by atoms with Crippen LogP contribution in [0.3, 0.4) is 0 Å². The molecule has 0 bridgehead atoms. The zero-order valence-electron chi connectivity index (χ0n) is 12.5. The van der Waals surface area contributed by atoms with Crippen molar-refractivity contribution in [3.63, 3.8) is 0 Å². The van der Waals surface area contributed by atoms with Gasteiger partial charge >= 0.3 is 0 Å². The lowest BCUT2D eigenvalue weighted by molar-refractivity contribution is -0.125. The summed E-state index contributed by atoms with van der Waals surface area (Å²) in [5.41, 5.74) is 1.76. The second-order valence-corrected chi connectivity index (χ2v) is 5.45. The zero-order valence-corrected chi connectivity index (χ0v) is 12.5. The Balaban J connectivity index is 2.57. The Kier molecular flexibility index (Phi) is 6.03. The van der Waals surface area contributed by atoms with E-state index in [4.69, 9.17) is 0 Å². The van der Waals surface area contributed by atoms with E-state index in [0.29, 0.717) is 6.54 Å². The van der Waals surface area contributed by atoms with Crippen molar-refractivity contribution < 1.29 is 4.79 Å².